The molecule has 0 atom stereocenters. The van der Waals surface area contributed by atoms with Crippen LogP contribution in [0, 0.1) is 3.57 Å². The van der Waals surface area contributed by atoms with E-state index in [0.717, 1.165) is 3.57 Å². The van der Waals surface area contributed by atoms with Gasteiger partial charge in [-0.15, -0.1) is 0 Å². The fourth-order valence-corrected chi connectivity index (χ4v) is 1.98. The van der Waals surface area contributed by atoms with Crippen molar-refractivity contribution in [1.82, 2.24) is 0 Å². The minimum absolute atomic E-state index is 0.0767. The van der Waals surface area contributed by atoms with Gasteiger partial charge in [-0.3, -0.25) is 9.59 Å². The molecule has 0 unspecified atom stereocenters. The summed E-state index contributed by atoms with van der Waals surface area (Å²) >= 11 is 2.17. The van der Waals surface area contributed by atoms with E-state index < -0.39 is 0 Å². The average Bonchev–Trinajstić information content (AvgIpc) is 2.29. The second-order valence-corrected chi connectivity index (χ2v) is 4.84. The highest BCUT2D eigenvalue weighted by Crippen LogP contribution is 2.11. The molecule has 1 aromatic carbocycles. The molecule has 0 amide bonds. The first-order valence-electron chi connectivity index (χ1n) is 5.58. The minimum Gasteiger partial charge on any atom is -0.466 e. The Hall–Kier alpha value is -0.910. The SMILES string of the molecule is CCOC(=O)CCCC(=O)c1cccc(I)c1. The maximum Gasteiger partial charge on any atom is 0.305 e. The Kier molecular flexibility index (Phi) is 6.18. The summed E-state index contributed by atoms with van der Waals surface area (Å²) in [5.41, 5.74) is 0.709. The zero-order valence-corrected chi connectivity index (χ0v) is 11.9. The van der Waals surface area contributed by atoms with Gasteiger partial charge in [0.25, 0.3) is 0 Å². The van der Waals surface area contributed by atoms with Gasteiger partial charge in [0, 0.05) is 22.0 Å². The van der Waals surface area contributed by atoms with Gasteiger partial charge >= 0.3 is 5.97 Å². The highest BCUT2D eigenvalue weighted by molar-refractivity contribution is 14.1. The predicted octanol–water partition coefficient (Wildman–Crippen LogP) is 3.21. The van der Waals surface area contributed by atoms with Crippen LogP contribution >= 0.6 is 22.6 Å². The van der Waals surface area contributed by atoms with Crippen LogP contribution in [0.5, 0.6) is 0 Å². The van der Waals surface area contributed by atoms with E-state index >= 15 is 0 Å². The number of benzene rings is 1. The molecule has 0 radical (unpaired) electrons. The largest absolute Gasteiger partial charge is 0.466 e. The standard InChI is InChI=1S/C13H15IO3/c1-2-17-13(16)8-4-7-12(15)10-5-3-6-11(14)9-10/h3,5-6,9H,2,4,7-8H2,1H3. The highest BCUT2D eigenvalue weighted by Gasteiger charge is 2.08. The topological polar surface area (TPSA) is 43.4 Å². The molecule has 17 heavy (non-hydrogen) atoms. The normalized spacial score (nSPS) is 10.0. The summed E-state index contributed by atoms with van der Waals surface area (Å²) in [5, 5.41) is 0. The van der Waals surface area contributed by atoms with E-state index in [0.29, 0.717) is 31.4 Å². The Morgan fingerprint density at radius 2 is 2.06 bits per heavy atom. The first kappa shape index (κ1) is 14.2. The van der Waals surface area contributed by atoms with Gasteiger partial charge in [0.1, 0.15) is 0 Å². The third-order valence-corrected chi connectivity index (χ3v) is 2.91. The number of esters is 1. The van der Waals surface area contributed by atoms with Gasteiger partial charge in [-0.05, 0) is 48.1 Å². The number of carbonyl (C=O) groups excluding carboxylic acids is 2. The third-order valence-electron chi connectivity index (χ3n) is 2.24. The molecule has 0 saturated carbocycles. The van der Waals surface area contributed by atoms with E-state index in [-0.39, 0.29) is 11.8 Å². The van der Waals surface area contributed by atoms with E-state index in [4.69, 9.17) is 4.74 Å². The Bertz CT molecular complexity index is 401. The van der Waals surface area contributed by atoms with Crippen LogP contribution in [0.1, 0.15) is 36.5 Å². The fourth-order valence-electron chi connectivity index (χ4n) is 1.43. The predicted molar refractivity (Wildman–Crippen MR) is 74.0 cm³/mol. The maximum absolute atomic E-state index is 11.8. The van der Waals surface area contributed by atoms with Gasteiger partial charge in [0.05, 0.1) is 6.61 Å². The molecule has 4 heteroatoms. The summed E-state index contributed by atoms with van der Waals surface area (Å²) in [6, 6.07) is 7.46. The molecule has 0 spiro atoms. The number of carbonyl (C=O) groups is 2. The van der Waals surface area contributed by atoms with Gasteiger partial charge in [-0.2, -0.15) is 0 Å². The van der Waals surface area contributed by atoms with Gasteiger partial charge < -0.3 is 4.74 Å². The molecule has 0 aliphatic heterocycles. The molecule has 1 rings (SSSR count). The molecular weight excluding hydrogens is 331 g/mol. The Morgan fingerprint density at radius 1 is 1.29 bits per heavy atom. The lowest BCUT2D eigenvalue weighted by atomic mass is 10.1. The lowest BCUT2D eigenvalue weighted by Crippen LogP contribution is -2.05. The molecule has 0 heterocycles. The van der Waals surface area contributed by atoms with Crippen LogP contribution in [0.15, 0.2) is 24.3 Å². The van der Waals surface area contributed by atoms with Crippen molar-refractivity contribution in [2.75, 3.05) is 6.61 Å². The fraction of sp³-hybridized carbons (Fsp3) is 0.385. The highest BCUT2D eigenvalue weighted by atomic mass is 127. The zero-order valence-electron chi connectivity index (χ0n) is 9.74. The van der Waals surface area contributed by atoms with Gasteiger partial charge in [0.2, 0.25) is 0 Å². The van der Waals surface area contributed by atoms with Crippen molar-refractivity contribution in [3.05, 3.63) is 33.4 Å². The molecule has 92 valence electrons. The van der Waals surface area contributed by atoms with Crippen molar-refractivity contribution in [3.63, 3.8) is 0 Å². The Balaban J connectivity index is 2.38. The van der Waals surface area contributed by atoms with Gasteiger partial charge in [-0.1, -0.05) is 12.1 Å². The first-order chi connectivity index (χ1) is 8.13. The number of Topliss-reactive ketones (excluding diaryl/α,β-unsaturated/α-hetero) is 1. The third kappa shape index (κ3) is 5.30. The molecule has 0 N–H and O–H groups in total. The van der Waals surface area contributed by atoms with E-state index in [1.165, 1.54) is 0 Å². The molecular formula is C13H15IO3. The maximum atomic E-state index is 11.8. The van der Waals surface area contributed by atoms with Crippen LogP contribution in [0.3, 0.4) is 0 Å². The van der Waals surface area contributed by atoms with Crippen LogP contribution in [-0.2, 0) is 9.53 Å². The van der Waals surface area contributed by atoms with Gasteiger partial charge in [0.15, 0.2) is 5.78 Å². The molecule has 0 saturated heterocycles. The van der Waals surface area contributed by atoms with E-state index in [9.17, 15) is 9.59 Å². The smallest absolute Gasteiger partial charge is 0.305 e. The Labute approximate surface area is 115 Å². The molecule has 0 fully saturated rings. The van der Waals surface area contributed by atoms with Crippen molar-refractivity contribution in [3.8, 4) is 0 Å². The second-order valence-electron chi connectivity index (χ2n) is 3.59. The number of hydrogen-bond acceptors (Lipinski definition) is 3. The van der Waals surface area contributed by atoms with Crippen molar-refractivity contribution >= 4 is 34.3 Å². The van der Waals surface area contributed by atoms with Crippen LogP contribution in [-0.4, -0.2) is 18.4 Å². The first-order valence-corrected chi connectivity index (χ1v) is 6.65. The second kappa shape index (κ2) is 7.42. The monoisotopic (exact) mass is 346 g/mol. The average molecular weight is 346 g/mol. The lowest BCUT2D eigenvalue weighted by Gasteiger charge is -2.02. The van der Waals surface area contributed by atoms with Crippen LogP contribution in [0.25, 0.3) is 0 Å². The number of halogens is 1. The summed E-state index contributed by atoms with van der Waals surface area (Å²) in [5.74, 6) is -0.157. The van der Waals surface area contributed by atoms with E-state index in [1.54, 1.807) is 13.0 Å². The number of ketones is 1. The van der Waals surface area contributed by atoms with E-state index in [1.807, 2.05) is 18.2 Å². The van der Waals surface area contributed by atoms with Crippen LogP contribution < -0.4 is 0 Å². The van der Waals surface area contributed by atoms with Crippen LogP contribution in [0.2, 0.25) is 0 Å². The summed E-state index contributed by atoms with van der Waals surface area (Å²) in [7, 11) is 0. The summed E-state index contributed by atoms with van der Waals surface area (Å²) in [6.45, 7) is 2.17. The molecule has 0 aliphatic carbocycles. The van der Waals surface area contributed by atoms with Gasteiger partial charge in [-0.25, -0.2) is 0 Å². The van der Waals surface area contributed by atoms with E-state index in [2.05, 4.69) is 22.6 Å². The minimum atomic E-state index is -0.233. The molecule has 0 bridgehead atoms. The zero-order chi connectivity index (χ0) is 12.7. The molecule has 0 aliphatic rings. The Morgan fingerprint density at radius 3 is 2.71 bits per heavy atom. The summed E-state index contributed by atoms with van der Waals surface area (Å²) in [6.07, 6.45) is 1.24. The van der Waals surface area contributed by atoms with Crippen LogP contribution in [0.4, 0.5) is 0 Å². The molecule has 3 nitrogen and oxygen atoms in total. The quantitative estimate of drug-likeness (QED) is 0.451. The number of hydrogen-bond donors (Lipinski definition) is 0. The molecule has 0 aromatic heterocycles. The number of rotatable bonds is 6. The van der Waals surface area contributed by atoms with Crippen molar-refractivity contribution in [1.29, 1.82) is 0 Å². The summed E-state index contributed by atoms with van der Waals surface area (Å²) < 4.78 is 5.84. The lowest BCUT2D eigenvalue weighted by molar-refractivity contribution is -0.143. The van der Waals surface area contributed by atoms with Crippen molar-refractivity contribution in [2.24, 2.45) is 0 Å². The number of ether oxygens (including phenoxy) is 1. The van der Waals surface area contributed by atoms with Crippen molar-refractivity contribution < 1.29 is 14.3 Å². The van der Waals surface area contributed by atoms with Crippen molar-refractivity contribution in [2.45, 2.75) is 26.2 Å². The molecule has 1 aromatic rings. The summed E-state index contributed by atoms with van der Waals surface area (Å²) in [4.78, 5) is 22.9.